The summed E-state index contributed by atoms with van der Waals surface area (Å²) in [5.41, 5.74) is 0.298. The minimum Gasteiger partial charge on any atom is -0.870 e. The van der Waals surface area contributed by atoms with E-state index in [1.807, 2.05) is 0 Å². The number of hydrogen-bond donors (Lipinski definition) is 2. The molecule has 0 aliphatic heterocycles. The first-order valence-electron chi connectivity index (χ1n) is 11.2. The second-order valence-corrected chi connectivity index (χ2v) is 10.3. The average Bonchev–Trinajstić information content (AvgIpc) is 2.86. The number of halogens is 2. The van der Waals surface area contributed by atoms with Crippen molar-refractivity contribution in [2.75, 3.05) is 11.9 Å². The molecule has 196 valence electrons. The molecular formula is C26H20Cl2N3NaO6S. The number of fused-ring (bicyclic) bond motifs is 1. The molecule has 4 aromatic rings. The molecule has 4 rings (SSSR count). The van der Waals surface area contributed by atoms with Crippen molar-refractivity contribution in [1.82, 2.24) is 0 Å². The third kappa shape index (κ3) is 6.72. The second-order valence-electron chi connectivity index (χ2n) is 8.08. The molecule has 39 heavy (non-hydrogen) atoms. The Morgan fingerprint density at radius 3 is 2.49 bits per heavy atom. The Morgan fingerprint density at radius 2 is 1.79 bits per heavy atom. The number of nitrogens with zero attached hydrogens (tertiary/aromatic N) is 2. The number of rotatable bonds is 7. The second kappa shape index (κ2) is 12.6. The maximum atomic E-state index is 13.4. The van der Waals surface area contributed by atoms with Crippen LogP contribution < -0.4 is 44.7 Å². The summed E-state index contributed by atoms with van der Waals surface area (Å²) in [4.78, 5) is 12.7. The zero-order chi connectivity index (χ0) is 27.6. The minimum atomic E-state index is -4.63. The predicted molar refractivity (Wildman–Crippen MR) is 144 cm³/mol. The predicted octanol–water partition coefficient (Wildman–Crippen LogP) is 3.85. The van der Waals surface area contributed by atoms with E-state index in [0.29, 0.717) is 28.0 Å². The van der Waals surface area contributed by atoms with Crippen molar-refractivity contribution in [3.8, 4) is 11.5 Å². The third-order valence-corrected chi connectivity index (χ3v) is 7.26. The Kier molecular flexibility index (Phi) is 10.0. The van der Waals surface area contributed by atoms with Gasteiger partial charge in [0.1, 0.15) is 4.90 Å². The number of carbonyl (C=O) groups excluding carboxylic acids is 1. The van der Waals surface area contributed by atoms with E-state index in [9.17, 15) is 22.9 Å². The molecule has 0 aliphatic rings. The smallest absolute Gasteiger partial charge is 0.870 e. The molecule has 0 atom stereocenters. The van der Waals surface area contributed by atoms with Crippen LogP contribution in [-0.4, -0.2) is 25.5 Å². The molecule has 0 bridgehead atoms. The summed E-state index contributed by atoms with van der Waals surface area (Å²) in [5.74, 6) is -1.15. The standard InChI is InChI=1S/C26H21Cl2N3O6S.Na/c1-3-37-25-19(27)9-6-10-20(25)29-26(33)18-12-15-7-4-5-8-17(15)23(24(18)32)31-30-16-11-14(2)22(28)21(13-16)38(34,35)36;/h4-13,32H,3H2,1-2H3,(H,29,33)(H,34,35,36);/q;+1/p-1. The van der Waals surface area contributed by atoms with Crippen molar-refractivity contribution in [3.05, 3.63) is 81.8 Å². The summed E-state index contributed by atoms with van der Waals surface area (Å²) >= 11 is 12.2. The van der Waals surface area contributed by atoms with Crippen LogP contribution in [0.15, 0.2) is 75.8 Å². The quantitative estimate of drug-likeness (QED) is 0.189. The summed E-state index contributed by atoms with van der Waals surface area (Å²) in [6, 6.07) is 15.5. The summed E-state index contributed by atoms with van der Waals surface area (Å²) < 4.78 is 38.4. The van der Waals surface area contributed by atoms with E-state index >= 15 is 0 Å². The summed E-state index contributed by atoms with van der Waals surface area (Å²) in [5, 5.41) is 25.3. The van der Waals surface area contributed by atoms with Crippen LogP contribution in [0.4, 0.5) is 17.1 Å². The van der Waals surface area contributed by atoms with Crippen LogP contribution in [0, 0.1) is 6.92 Å². The van der Waals surface area contributed by atoms with Gasteiger partial charge in [0, 0.05) is 10.9 Å². The van der Waals surface area contributed by atoms with E-state index in [2.05, 4.69) is 15.5 Å². The molecule has 0 fully saturated rings. The largest absolute Gasteiger partial charge is 1.00 e. The summed E-state index contributed by atoms with van der Waals surface area (Å²) in [7, 11) is -4.63. The van der Waals surface area contributed by atoms with Gasteiger partial charge in [0.2, 0.25) is 0 Å². The monoisotopic (exact) mass is 595 g/mol. The van der Waals surface area contributed by atoms with Gasteiger partial charge in [-0.15, -0.1) is 0 Å². The molecule has 2 N–H and O–H groups in total. The van der Waals surface area contributed by atoms with Crippen molar-refractivity contribution in [1.29, 1.82) is 0 Å². The summed E-state index contributed by atoms with van der Waals surface area (Å²) in [6.45, 7) is 3.61. The van der Waals surface area contributed by atoms with E-state index in [0.717, 1.165) is 6.07 Å². The first-order chi connectivity index (χ1) is 18.0. The molecule has 1 amide bonds. The van der Waals surface area contributed by atoms with Crippen molar-refractivity contribution < 1.29 is 57.2 Å². The van der Waals surface area contributed by atoms with Crippen LogP contribution in [0.2, 0.25) is 10.0 Å². The van der Waals surface area contributed by atoms with Crippen molar-refractivity contribution >= 4 is 67.1 Å². The Balaban J connectivity index is 0.00000420. The first kappa shape index (κ1) is 30.8. The number of ether oxygens (including phenoxy) is 1. The van der Waals surface area contributed by atoms with Gasteiger partial charge in [0.05, 0.1) is 33.7 Å². The molecule has 0 saturated carbocycles. The molecule has 0 aliphatic carbocycles. The van der Waals surface area contributed by atoms with Gasteiger partial charge in [-0.2, -0.15) is 18.6 Å². The molecular weight excluding hydrogens is 576 g/mol. The Bertz CT molecular complexity index is 1710. The SMILES string of the molecule is CCOc1c(Cl)cccc1NC(=O)c1cc2ccccc2c(N=Nc2cc(C)c(Cl)c(S(=O)(=O)O)c2)c1[O-].[Na+]. The molecule has 0 saturated heterocycles. The molecule has 0 aromatic heterocycles. The third-order valence-electron chi connectivity index (χ3n) is 5.47. The van der Waals surface area contributed by atoms with Gasteiger partial charge in [-0.25, -0.2) is 0 Å². The molecule has 0 spiro atoms. The Morgan fingerprint density at radius 1 is 1.08 bits per heavy atom. The van der Waals surface area contributed by atoms with E-state index in [4.69, 9.17) is 27.9 Å². The molecule has 0 radical (unpaired) electrons. The van der Waals surface area contributed by atoms with E-state index in [1.54, 1.807) is 49.4 Å². The molecule has 9 nitrogen and oxygen atoms in total. The average molecular weight is 596 g/mol. The van der Waals surface area contributed by atoms with Gasteiger partial charge in [-0.05, 0) is 55.1 Å². The Hall–Kier alpha value is -2.70. The Labute approximate surface area is 256 Å². The van der Waals surface area contributed by atoms with Gasteiger partial charge >= 0.3 is 29.6 Å². The van der Waals surface area contributed by atoms with Crippen LogP contribution in [-0.2, 0) is 10.1 Å². The fourth-order valence-corrected chi connectivity index (χ4v) is 5.03. The number of para-hydroxylation sites is 1. The van der Waals surface area contributed by atoms with Crippen LogP contribution in [0.25, 0.3) is 10.8 Å². The number of nitrogens with one attached hydrogen (secondary N) is 1. The van der Waals surface area contributed by atoms with Gasteiger partial charge < -0.3 is 15.2 Å². The zero-order valence-electron chi connectivity index (χ0n) is 21.0. The molecule has 0 heterocycles. The maximum Gasteiger partial charge on any atom is 1.00 e. The molecule has 4 aromatic carbocycles. The normalized spacial score (nSPS) is 11.4. The van der Waals surface area contributed by atoms with Crippen LogP contribution in [0.1, 0.15) is 22.8 Å². The van der Waals surface area contributed by atoms with Crippen molar-refractivity contribution in [2.45, 2.75) is 18.7 Å². The van der Waals surface area contributed by atoms with Gasteiger partial charge in [-0.3, -0.25) is 9.35 Å². The van der Waals surface area contributed by atoms with Crippen LogP contribution in [0.5, 0.6) is 11.5 Å². The van der Waals surface area contributed by atoms with Crippen molar-refractivity contribution in [2.24, 2.45) is 10.2 Å². The first-order valence-corrected chi connectivity index (χ1v) is 13.4. The van der Waals surface area contributed by atoms with Gasteiger partial charge in [0.15, 0.2) is 5.75 Å². The number of carbonyl (C=O) groups is 1. The topological polar surface area (TPSA) is 140 Å². The minimum absolute atomic E-state index is 0. The fourth-order valence-electron chi connectivity index (χ4n) is 3.74. The van der Waals surface area contributed by atoms with Crippen LogP contribution >= 0.6 is 23.2 Å². The number of amides is 1. The molecule has 13 heteroatoms. The number of azo groups is 1. The van der Waals surface area contributed by atoms with Crippen LogP contribution in [0.3, 0.4) is 0 Å². The van der Waals surface area contributed by atoms with Gasteiger partial charge in [-0.1, -0.05) is 59.3 Å². The van der Waals surface area contributed by atoms with E-state index < -0.39 is 26.7 Å². The maximum absolute atomic E-state index is 13.4. The van der Waals surface area contributed by atoms with Gasteiger partial charge in [0.25, 0.3) is 16.0 Å². The zero-order valence-corrected chi connectivity index (χ0v) is 25.4. The number of benzene rings is 4. The van der Waals surface area contributed by atoms with Crippen molar-refractivity contribution in [3.63, 3.8) is 0 Å². The number of hydrogen-bond acceptors (Lipinski definition) is 7. The number of anilines is 1. The summed E-state index contributed by atoms with van der Waals surface area (Å²) in [6.07, 6.45) is 0. The fraction of sp³-hybridized carbons (Fsp3) is 0.115. The number of aryl methyl sites for hydroxylation is 1. The van der Waals surface area contributed by atoms with E-state index in [-0.39, 0.29) is 63.0 Å². The van der Waals surface area contributed by atoms with E-state index in [1.165, 1.54) is 19.1 Å². The molecule has 0 unspecified atom stereocenters.